The largest absolute Gasteiger partial charge is 0.478 e. The Hall–Kier alpha value is -1.16. The highest BCUT2D eigenvalue weighted by Gasteiger charge is 2.15. The van der Waals surface area contributed by atoms with Gasteiger partial charge in [0.1, 0.15) is 6.33 Å². The van der Waals surface area contributed by atoms with Crippen molar-refractivity contribution >= 4 is 0 Å². The average Bonchev–Trinajstić information content (AvgIpc) is 2.24. The number of hydrogen-bond acceptors (Lipinski definition) is 4. The van der Waals surface area contributed by atoms with Gasteiger partial charge >= 0.3 is 0 Å². The minimum atomic E-state index is -0.372. The molecule has 0 bridgehead atoms. The van der Waals surface area contributed by atoms with E-state index in [0.717, 1.165) is 11.3 Å². The molecule has 1 N–H and O–H groups in total. The lowest BCUT2D eigenvalue weighted by molar-refractivity contribution is 0.124. The summed E-state index contributed by atoms with van der Waals surface area (Å²) in [6, 6.07) is 0. The van der Waals surface area contributed by atoms with Crippen LogP contribution in [0.15, 0.2) is 6.33 Å². The summed E-state index contributed by atoms with van der Waals surface area (Å²) in [4.78, 5) is 8.26. The standard InChI is InChI=1S/C12H20N2O2/c1-5-16-12-9(4)10(13-7-14-12)6-11(15)8(2)3/h7-8,11,15H,5-6H2,1-4H3. The molecule has 16 heavy (non-hydrogen) atoms. The maximum absolute atomic E-state index is 9.82. The molecule has 0 radical (unpaired) electrons. The van der Waals surface area contributed by atoms with Crippen LogP contribution in [0.5, 0.6) is 5.88 Å². The highest BCUT2D eigenvalue weighted by atomic mass is 16.5. The fraction of sp³-hybridized carbons (Fsp3) is 0.667. The molecule has 0 spiro atoms. The van der Waals surface area contributed by atoms with Gasteiger partial charge in [-0.25, -0.2) is 9.97 Å². The first-order chi connectivity index (χ1) is 7.56. The molecule has 1 heterocycles. The quantitative estimate of drug-likeness (QED) is 0.827. The molecule has 0 amide bonds. The Labute approximate surface area is 96.7 Å². The zero-order valence-electron chi connectivity index (χ0n) is 10.4. The monoisotopic (exact) mass is 224 g/mol. The highest BCUT2D eigenvalue weighted by molar-refractivity contribution is 5.28. The number of aromatic nitrogens is 2. The molecule has 0 aliphatic heterocycles. The predicted octanol–water partition coefficient (Wildman–Crippen LogP) is 1.74. The molecule has 90 valence electrons. The molecule has 0 aliphatic carbocycles. The Morgan fingerprint density at radius 2 is 2.06 bits per heavy atom. The highest BCUT2D eigenvalue weighted by Crippen LogP contribution is 2.18. The van der Waals surface area contributed by atoms with Crippen LogP contribution in [0.4, 0.5) is 0 Å². The third kappa shape index (κ3) is 3.17. The van der Waals surface area contributed by atoms with Crippen LogP contribution in [0.1, 0.15) is 32.0 Å². The van der Waals surface area contributed by atoms with Gasteiger partial charge in [0.2, 0.25) is 5.88 Å². The number of nitrogens with zero attached hydrogens (tertiary/aromatic N) is 2. The SMILES string of the molecule is CCOc1ncnc(CC(O)C(C)C)c1C. The minimum absolute atomic E-state index is 0.227. The van der Waals surface area contributed by atoms with Crippen molar-refractivity contribution in [3.8, 4) is 5.88 Å². The first-order valence-corrected chi connectivity index (χ1v) is 5.67. The smallest absolute Gasteiger partial charge is 0.219 e. The number of aliphatic hydroxyl groups is 1. The fourth-order valence-electron chi connectivity index (χ4n) is 1.39. The summed E-state index contributed by atoms with van der Waals surface area (Å²) >= 11 is 0. The van der Waals surface area contributed by atoms with Crippen molar-refractivity contribution in [3.63, 3.8) is 0 Å². The van der Waals surface area contributed by atoms with Crippen LogP contribution in [0, 0.1) is 12.8 Å². The summed E-state index contributed by atoms with van der Waals surface area (Å²) < 4.78 is 5.39. The third-order valence-corrected chi connectivity index (χ3v) is 2.60. The van der Waals surface area contributed by atoms with E-state index < -0.39 is 0 Å². The van der Waals surface area contributed by atoms with Crippen molar-refractivity contribution in [2.24, 2.45) is 5.92 Å². The maximum atomic E-state index is 9.82. The molecule has 0 fully saturated rings. The van der Waals surface area contributed by atoms with E-state index >= 15 is 0 Å². The van der Waals surface area contributed by atoms with Gasteiger partial charge in [0.25, 0.3) is 0 Å². The van der Waals surface area contributed by atoms with Gasteiger partial charge < -0.3 is 9.84 Å². The fourth-order valence-corrected chi connectivity index (χ4v) is 1.39. The lowest BCUT2D eigenvalue weighted by Crippen LogP contribution is -2.19. The van der Waals surface area contributed by atoms with Gasteiger partial charge in [-0.3, -0.25) is 0 Å². The molecule has 1 aromatic rings. The molecule has 1 unspecified atom stereocenters. The predicted molar refractivity (Wildman–Crippen MR) is 62.5 cm³/mol. The molecule has 1 aromatic heterocycles. The first kappa shape index (κ1) is 12.9. The summed E-state index contributed by atoms with van der Waals surface area (Å²) in [6.07, 6.45) is 1.66. The molecule has 0 saturated carbocycles. The second kappa shape index (κ2) is 5.80. The molecule has 0 aliphatic rings. The van der Waals surface area contributed by atoms with Crippen molar-refractivity contribution in [1.29, 1.82) is 0 Å². The first-order valence-electron chi connectivity index (χ1n) is 5.67. The maximum Gasteiger partial charge on any atom is 0.219 e. The van der Waals surface area contributed by atoms with E-state index in [1.165, 1.54) is 6.33 Å². The Bertz CT molecular complexity index is 340. The summed E-state index contributed by atoms with van der Waals surface area (Å²) in [7, 11) is 0. The lowest BCUT2D eigenvalue weighted by atomic mass is 10.0. The molecule has 0 aromatic carbocycles. The lowest BCUT2D eigenvalue weighted by Gasteiger charge is -2.15. The zero-order chi connectivity index (χ0) is 12.1. The van der Waals surface area contributed by atoms with Crippen LogP contribution in [-0.2, 0) is 6.42 Å². The Kier molecular flexibility index (Phi) is 4.68. The van der Waals surface area contributed by atoms with Crippen LogP contribution in [0.2, 0.25) is 0 Å². The Morgan fingerprint density at radius 3 is 2.62 bits per heavy atom. The van der Waals surface area contributed by atoms with E-state index in [2.05, 4.69) is 9.97 Å². The van der Waals surface area contributed by atoms with Gasteiger partial charge in [0.15, 0.2) is 0 Å². The molecule has 0 saturated heterocycles. The summed E-state index contributed by atoms with van der Waals surface area (Å²) in [5, 5.41) is 9.82. The van der Waals surface area contributed by atoms with E-state index in [9.17, 15) is 5.11 Å². The van der Waals surface area contributed by atoms with Gasteiger partial charge in [-0.2, -0.15) is 0 Å². The third-order valence-electron chi connectivity index (χ3n) is 2.60. The van der Waals surface area contributed by atoms with Crippen LogP contribution in [0.25, 0.3) is 0 Å². The molecule has 4 heteroatoms. The van der Waals surface area contributed by atoms with E-state index in [-0.39, 0.29) is 12.0 Å². The number of rotatable bonds is 5. The summed E-state index contributed by atoms with van der Waals surface area (Å²) in [6.45, 7) is 8.41. The number of hydrogen-bond donors (Lipinski definition) is 1. The normalized spacial score (nSPS) is 12.9. The molecule has 4 nitrogen and oxygen atoms in total. The Balaban J connectivity index is 2.84. The second-order valence-corrected chi connectivity index (χ2v) is 4.20. The van der Waals surface area contributed by atoms with E-state index in [1.807, 2.05) is 27.7 Å². The van der Waals surface area contributed by atoms with E-state index in [4.69, 9.17) is 4.74 Å². The van der Waals surface area contributed by atoms with Crippen molar-refractivity contribution in [2.45, 2.75) is 40.2 Å². The van der Waals surface area contributed by atoms with Gasteiger partial charge in [-0.1, -0.05) is 13.8 Å². The minimum Gasteiger partial charge on any atom is -0.478 e. The molecule has 1 atom stereocenters. The number of ether oxygens (including phenoxy) is 1. The van der Waals surface area contributed by atoms with Crippen LogP contribution >= 0.6 is 0 Å². The van der Waals surface area contributed by atoms with Crippen LogP contribution in [-0.4, -0.2) is 27.8 Å². The second-order valence-electron chi connectivity index (χ2n) is 4.20. The van der Waals surface area contributed by atoms with Crippen molar-refractivity contribution in [1.82, 2.24) is 9.97 Å². The average molecular weight is 224 g/mol. The van der Waals surface area contributed by atoms with E-state index in [1.54, 1.807) is 0 Å². The Morgan fingerprint density at radius 1 is 1.38 bits per heavy atom. The van der Waals surface area contributed by atoms with Crippen LogP contribution < -0.4 is 4.74 Å². The van der Waals surface area contributed by atoms with Crippen molar-refractivity contribution in [2.75, 3.05) is 6.61 Å². The van der Waals surface area contributed by atoms with Crippen LogP contribution in [0.3, 0.4) is 0 Å². The molecular weight excluding hydrogens is 204 g/mol. The van der Waals surface area contributed by atoms with Gasteiger partial charge in [-0.05, 0) is 19.8 Å². The van der Waals surface area contributed by atoms with Crippen molar-refractivity contribution < 1.29 is 9.84 Å². The van der Waals surface area contributed by atoms with Gasteiger partial charge in [0, 0.05) is 12.0 Å². The zero-order valence-corrected chi connectivity index (χ0v) is 10.4. The number of aliphatic hydroxyl groups excluding tert-OH is 1. The molecule has 1 rings (SSSR count). The van der Waals surface area contributed by atoms with Crippen molar-refractivity contribution in [3.05, 3.63) is 17.6 Å². The van der Waals surface area contributed by atoms with Gasteiger partial charge in [0.05, 0.1) is 18.4 Å². The van der Waals surface area contributed by atoms with Gasteiger partial charge in [-0.15, -0.1) is 0 Å². The molecular formula is C12H20N2O2. The summed E-state index contributed by atoms with van der Waals surface area (Å²) in [5.41, 5.74) is 1.78. The summed E-state index contributed by atoms with van der Waals surface area (Å²) in [5.74, 6) is 0.841. The van der Waals surface area contributed by atoms with E-state index in [0.29, 0.717) is 18.9 Å². The topological polar surface area (TPSA) is 55.2 Å².